The molecule has 0 radical (unpaired) electrons. The fourth-order valence-electron chi connectivity index (χ4n) is 9.60. The van der Waals surface area contributed by atoms with Gasteiger partial charge >= 0.3 is 0 Å². The van der Waals surface area contributed by atoms with E-state index in [-0.39, 0.29) is 0 Å². The summed E-state index contributed by atoms with van der Waals surface area (Å²) in [5, 5.41) is 8.04. The summed E-state index contributed by atoms with van der Waals surface area (Å²) in [6, 6.07) is 68.7. The van der Waals surface area contributed by atoms with E-state index in [9.17, 15) is 0 Å². The molecule has 4 heteroatoms. The summed E-state index contributed by atoms with van der Waals surface area (Å²) in [5.41, 5.74) is 12.5. The summed E-state index contributed by atoms with van der Waals surface area (Å²) in [4.78, 5) is 5.00. The number of nitrogens with zero attached hydrogens (tertiary/aromatic N) is 1. The lowest BCUT2D eigenvalue weighted by Gasteiger charge is -2.40. The van der Waals surface area contributed by atoms with E-state index in [1.165, 1.54) is 63.9 Å². The molecule has 0 unspecified atom stereocenters. The number of benzene rings is 8. The molecule has 3 heterocycles. The average Bonchev–Trinajstić information content (AvgIpc) is 3.81. The maximum Gasteiger partial charge on any atom is 0.178 e. The first kappa shape index (κ1) is 35.3. The molecule has 280 valence electrons. The molecule has 0 aliphatic carbocycles. The minimum absolute atomic E-state index is 0.870. The van der Waals surface area contributed by atoms with Crippen molar-refractivity contribution in [2.75, 3.05) is 4.90 Å². The molecule has 2 nitrogen and oxygen atoms in total. The van der Waals surface area contributed by atoms with Crippen LogP contribution in [0.4, 0.5) is 17.1 Å². The second-order valence-electron chi connectivity index (χ2n) is 15.3. The zero-order valence-electron chi connectivity index (χ0n) is 32.6. The molecular formula is C55H39NOSSi. The Morgan fingerprint density at radius 2 is 1.10 bits per heavy atom. The zero-order chi connectivity index (χ0) is 39.5. The van der Waals surface area contributed by atoms with Crippen LogP contribution >= 0.6 is 11.8 Å². The van der Waals surface area contributed by atoms with Crippen molar-refractivity contribution in [3.63, 3.8) is 0 Å². The van der Waals surface area contributed by atoms with Gasteiger partial charge in [-0.15, -0.1) is 0 Å². The number of rotatable bonds is 7. The molecule has 11 rings (SSSR count). The number of para-hydroxylation sites is 1. The van der Waals surface area contributed by atoms with Crippen LogP contribution in [0.15, 0.2) is 232 Å². The van der Waals surface area contributed by atoms with Crippen molar-refractivity contribution in [1.82, 2.24) is 0 Å². The Hall–Kier alpha value is -6.85. The highest BCUT2D eigenvalue weighted by atomic mass is 32.2. The lowest BCUT2D eigenvalue weighted by atomic mass is 9.94. The van der Waals surface area contributed by atoms with Crippen LogP contribution in [0.3, 0.4) is 0 Å². The van der Waals surface area contributed by atoms with E-state index in [0.717, 1.165) is 39.0 Å². The van der Waals surface area contributed by atoms with Crippen LogP contribution in [0.2, 0.25) is 0 Å². The van der Waals surface area contributed by atoms with Gasteiger partial charge in [0.05, 0.1) is 5.69 Å². The molecule has 8 aromatic carbocycles. The Balaban J connectivity index is 1.15. The van der Waals surface area contributed by atoms with E-state index >= 15 is 0 Å². The van der Waals surface area contributed by atoms with Gasteiger partial charge in [0.2, 0.25) is 0 Å². The molecule has 1 aromatic heterocycles. The fourth-order valence-corrected chi connectivity index (χ4v) is 17.1. The third kappa shape index (κ3) is 5.48. The number of allylic oxidation sites excluding steroid dienone is 4. The Kier molecular flexibility index (Phi) is 8.51. The van der Waals surface area contributed by atoms with Crippen molar-refractivity contribution in [3.05, 3.63) is 223 Å². The minimum Gasteiger partial charge on any atom is -0.456 e. The second-order valence-corrected chi connectivity index (χ2v) is 20.2. The van der Waals surface area contributed by atoms with Crippen molar-refractivity contribution < 1.29 is 4.42 Å². The fraction of sp³-hybridized carbons (Fsp3) is 0.0182. The average molecular weight is 790 g/mol. The van der Waals surface area contributed by atoms with Gasteiger partial charge in [-0.3, -0.25) is 0 Å². The largest absolute Gasteiger partial charge is 0.456 e. The predicted octanol–water partition coefficient (Wildman–Crippen LogP) is 13.5. The molecule has 0 saturated carbocycles. The number of hydrogen-bond acceptors (Lipinski definition) is 3. The van der Waals surface area contributed by atoms with E-state index in [0.29, 0.717) is 0 Å². The van der Waals surface area contributed by atoms with Crippen molar-refractivity contribution >= 4 is 74.4 Å². The summed E-state index contributed by atoms with van der Waals surface area (Å²) in [5.74, 6) is 0. The molecule has 2 aliphatic heterocycles. The molecule has 0 amide bonds. The zero-order valence-corrected chi connectivity index (χ0v) is 34.4. The SMILES string of the molecule is C=C/C=C\C1=C(C)[Si]2(c3ccccc3-c3ccccc32)c2cccc(N(c3ccc(-c4ccccc4-c4ccccc4)cc3)c3ccc4c(c3)oc3ccccc34)c2S1. The highest BCUT2D eigenvalue weighted by Gasteiger charge is 2.52. The smallest absolute Gasteiger partial charge is 0.178 e. The van der Waals surface area contributed by atoms with Gasteiger partial charge in [0, 0.05) is 38.0 Å². The third-order valence-electron chi connectivity index (χ3n) is 12.2. The quantitative estimate of drug-likeness (QED) is 0.118. The first-order valence-corrected chi connectivity index (χ1v) is 22.9. The number of furan rings is 1. The van der Waals surface area contributed by atoms with Crippen LogP contribution < -0.4 is 20.5 Å². The van der Waals surface area contributed by atoms with E-state index in [1.807, 2.05) is 23.9 Å². The van der Waals surface area contributed by atoms with Gasteiger partial charge in [-0.1, -0.05) is 181 Å². The van der Waals surface area contributed by atoms with Crippen molar-refractivity contribution in [1.29, 1.82) is 0 Å². The highest BCUT2D eigenvalue weighted by molar-refractivity contribution is 8.04. The number of fused-ring (bicyclic) bond motifs is 10. The number of thioether (sulfide) groups is 1. The van der Waals surface area contributed by atoms with Gasteiger partial charge in [-0.25, -0.2) is 0 Å². The first-order valence-electron chi connectivity index (χ1n) is 20.1. The molecule has 0 fully saturated rings. The van der Waals surface area contributed by atoms with Crippen LogP contribution in [0.25, 0.3) is 55.3 Å². The van der Waals surface area contributed by atoms with Crippen LogP contribution in [0, 0.1) is 0 Å². The Morgan fingerprint density at radius 3 is 1.81 bits per heavy atom. The molecule has 1 spiro atoms. The monoisotopic (exact) mass is 789 g/mol. The summed E-state index contributed by atoms with van der Waals surface area (Å²) in [7, 11) is -2.71. The predicted molar refractivity (Wildman–Crippen MR) is 254 cm³/mol. The van der Waals surface area contributed by atoms with E-state index in [4.69, 9.17) is 4.42 Å². The molecule has 0 N–H and O–H groups in total. The van der Waals surface area contributed by atoms with Gasteiger partial charge < -0.3 is 9.32 Å². The topological polar surface area (TPSA) is 16.4 Å². The molecule has 9 aromatic rings. The van der Waals surface area contributed by atoms with Gasteiger partial charge in [0.15, 0.2) is 8.07 Å². The summed E-state index contributed by atoms with van der Waals surface area (Å²) >= 11 is 1.88. The lowest BCUT2D eigenvalue weighted by Crippen LogP contribution is -2.67. The maximum atomic E-state index is 6.54. The number of hydrogen-bond donors (Lipinski definition) is 0. The first-order chi connectivity index (χ1) is 29.1. The molecule has 0 atom stereocenters. The molecular weight excluding hydrogens is 751 g/mol. The standard InChI is InChI=1S/C55H39NOSSi/c1-3-4-26-51-37(2)59(52-27-14-11-22-46(52)47-23-12-15-28-53(47)59)54-29-16-24-48(55(54)58-51)56(41-34-35-45-44-21-10-13-25-49(44)57-50(45)36-41)40-32-30-39(31-33-40)43-20-9-8-19-42(43)38-17-6-5-7-18-38/h3-36H,1H2,2H3/b26-4-. The minimum atomic E-state index is -2.71. The Morgan fingerprint density at radius 1 is 0.525 bits per heavy atom. The lowest BCUT2D eigenvalue weighted by molar-refractivity contribution is 0.669. The van der Waals surface area contributed by atoms with Gasteiger partial charge in [-0.05, 0) is 98.3 Å². The second kappa shape index (κ2) is 14.2. The molecule has 59 heavy (non-hydrogen) atoms. The molecule has 2 aliphatic rings. The van der Waals surface area contributed by atoms with Crippen LogP contribution in [-0.2, 0) is 0 Å². The number of anilines is 3. The highest BCUT2D eigenvalue weighted by Crippen LogP contribution is 2.49. The Labute approximate surface area is 350 Å². The van der Waals surface area contributed by atoms with Crippen LogP contribution in [-0.4, -0.2) is 8.07 Å². The molecule has 0 bridgehead atoms. The van der Waals surface area contributed by atoms with Crippen LogP contribution in [0.5, 0.6) is 0 Å². The van der Waals surface area contributed by atoms with E-state index in [1.54, 1.807) is 0 Å². The third-order valence-corrected chi connectivity index (χ3v) is 19.0. The van der Waals surface area contributed by atoms with Crippen molar-refractivity contribution in [2.24, 2.45) is 0 Å². The Bertz CT molecular complexity index is 3130. The summed E-state index contributed by atoms with van der Waals surface area (Å²) in [6.45, 7) is 6.45. The van der Waals surface area contributed by atoms with E-state index < -0.39 is 8.07 Å². The van der Waals surface area contributed by atoms with Crippen molar-refractivity contribution in [3.8, 4) is 33.4 Å². The summed E-state index contributed by atoms with van der Waals surface area (Å²) < 4.78 is 6.54. The summed E-state index contributed by atoms with van der Waals surface area (Å²) in [6.07, 6.45) is 6.25. The van der Waals surface area contributed by atoms with Crippen LogP contribution in [0.1, 0.15) is 6.92 Å². The van der Waals surface area contributed by atoms with Crippen molar-refractivity contribution in [2.45, 2.75) is 11.8 Å². The normalized spacial score (nSPS) is 13.8. The van der Waals surface area contributed by atoms with E-state index in [2.05, 4.69) is 213 Å². The maximum absolute atomic E-state index is 6.54. The van der Waals surface area contributed by atoms with Gasteiger partial charge in [0.25, 0.3) is 0 Å². The van der Waals surface area contributed by atoms with Gasteiger partial charge in [-0.2, -0.15) is 0 Å². The van der Waals surface area contributed by atoms with Gasteiger partial charge in [0.1, 0.15) is 11.2 Å². The molecule has 0 saturated heterocycles.